The number of carbonyl (C=O) groups excluding carboxylic acids is 1. The van der Waals surface area contributed by atoms with Crippen molar-refractivity contribution >= 4 is 27.6 Å². The number of nitrogens with zero attached hydrogens (tertiary/aromatic N) is 2. The van der Waals surface area contributed by atoms with Crippen LogP contribution in [-0.4, -0.2) is 55.0 Å². The Labute approximate surface area is 170 Å². The van der Waals surface area contributed by atoms with Gasteiger partial charge in [0.15, 0.2) is 5.78 Å². The molecule has 1 unspecified atom stereocenters. The van der Waals surface area contributed by atoms with E-state index in [0.717, 1.165) is 11.1 Å². The SMILES string of the molecule is Cc1ccc(C)c(C(=O)C(C)Sc2ccc(S(=O)(=O)N3CCOCC3)cn2)c1. The normalized spacial score (nSPS) is 16.7. The molecule has 2 aromatic rings. The fourth-order valence-electron chi connectivity index (χ4n) is 2.98. The third kappa shape index (κ3) is 4.63. The van der Waals surface area contributed by atoms with Crippen LogP contribution in [0.4, 0.5) is 0 Å². The Hall–Kier alpha value is -1.74. The predicted molar refractivity (Wildman–Crippen MR) is 109 cm³/mol. The number of carbonyl (C=O) groups is 1. The molecular weight excluding hydrogens is 396 g/mol. The number of hydrogen-bond donors (Lipinski definition) is 0. The zero-order chi connectivity index (χ0) is 20.3. The number of benzene rings is 1. The fourth-order valence-corrected chi connectivity index (χ4v) is 5.19. The molecule has 0 aliphatic carbocycles. The predicted octanol–water partition coefficient (Wildman–Crippen LogP) is 3.08. The number of rotatable bonds is 6. The minimum absolute atomic E-state index is 0.0398. The Morgan fingerprint density at radius 2 is 1.89 bits per heavy atom. The standard InChI is InChI=1S/C20H24N2O4S2/c1-14-4-5-15(2)18(12-14)20(23)16(3)27-19-7-6-17(13-21-19)28(24,25)22-8-10-26-11-9-22/h4-7,12-13,16H,8-11H2,1-3H3. The van der Waals surface area contributed by atoms with Crippen LogP contribution >= 0.6 is 11.8 Å². The van der Waals surface area contributed by atoms with E-state index in [-0.39, 0.29) is 15.9 Å². The van der Waals surface area contributed by atoms with Crippen molar-refractivity contribution in [3.63, 3.8) is 0 Å². The van der Waals surface area contributed by atoms with Crippen molar-refractivity contribution in [2.45, 2.75) is 35.9 Å². The minimum Gasteiger partial charge on any atom is -0.379 e. The molecule has 0 amide bonds. The van der Waals surface area contributed by atoms with E-state index in [1.165, 1.54) is 22.3 Å². The second-order valence-corrected chi connectivity index (χ2v) is 10.1. The summed E-state index contributed by atoms with van der Waals surface area (Å²) < 4.78 is 31.9. The van der Waals surface area contributed by atoms with Gasteiger partial charge in [0.1, 0.15) is 4.90 Å². The Kier molecular flexibility index (Phi) is 6.54. The first-order valence-corrected chi connectivity index (χ1v) is 11.4. The zero-order valence-corrected chi connectivity index (χ0v) is 17.8. The van der Waals surface area contributed by atoms with Gasteiger partial charge in [0, 0.05) is 24.8 Å². The smallest absolute Gasteiger partial charge is 0.244 e. The number of aryl methyl sites for hydroxylation is 2. The molecule has 1 saturated heterocycles. The summed E-state index contributed by atoms with van der Waals surface area (Å²) in [7, 11) is -3.56. The first-order valence-electron chi connectivity index (χ1n) is 9.11. The Morgan fingerprint density at radius 1 is 1.18 bits per heavy atom. The molecule has 0 spiro atoms. The summed E-state index contributed by atoms with van der Waals surface area (Å²) >= 11 is 1.33. The molecule has 8 heteroatoms. The van der Waals surface area contributed by atoms with E-state index in [1.807, 2.05) is 39.0 Å². The number of thioether (sulfide) groups is 1. The number of morpholine rings is 1. The zero-order valence-electron chi connectivity index (χ0n) is 16.2. The molecule has 0 bridgehead atoms. The van der Waals surface area contributed by atoms with Gasteiger partial charge < -0.3 is 4.74 Å². The number of ketones is 1. The molecule has 1 aliphatic heterocycles. The van der Waals surface area contributed by atoms with Crippen LogP contribution in [0.1, 0.15) is 28.4 Å². The Morgan fingerprint density at radius 3 is 2.54 bits per heavy atom. The van der Waals surface area contributed by atoms with Crippen molar-refractivity contribution < 1.29 is 17.9 Å². The summed E-state index contributed by atoms with van der Waals surface area (Å²) in [5.74, 6) is 0.0398. The molecule has 0 saturated carbocycles. The lowest BCUT2D eigenvalue weighted by molar-refractivity contribution is 0.0730. The van der Waals surface area contributed by atoms with Crippen LogP contribution in [0.25, 0.3) is 0 Å². The van der Waals surface area contributed by atoms with E-state index in [4.69, 9.17) is 4.74 Å². The summed E-state index contributed by atoms with van der Waals surface area (Å²) in [6.45, 7) is 7.23. The second kappa shape index (κ2) is 8.73. The van der Waals surface area contributed by atoms with Crippen LogP contribution in [0.2, 0.25) is 0 Å². The molecule has 2 heterocycles. The second-order valence-electron chi connectivity index (χ2n) is 6.79. The van der Waals surface area contributed by atoms with Gasteiger partial charge >= 0.3 is 0 Å². The molecule has 0 radical (unpaired) electrons. The van der Waals surface area contributed by atoms with Crippen molar-refractivity contribution in [3.8, 4) is 0 Å². The van der Waals surface area contributed by atoms with Gasteiger partial charge in [0.2, 0.25) is 10.0 Å². The van der Waals surface area contributed by atoms with Crippen LogP contribution in [-0.2, 0) is 14.8 Å². The van der Waals surface area contributed by atoms with Gasteiger partial charge in [-0.25, -0.2) is 13.4 Å². The van der Waals surface area contributed by atoms with Gasteiger partial charge in [0.25, 0.3) is 0 Å². The minimum atomic E-state index is -3.56. The van der Waals surface area contributed by atoms with Crippen molar-refractivity contribution in [2.24, 2.45) is 0 Å². The molecule has 6 nitrogen and oxygen atoms in total. The topological polar surface area (TPSA) is 76.6 Å². The molecule has 28 heavy (non-hydrogen) atoms. The number of aromatic nitrogens is 1. The molecule has 1 aromatic heterocycles. The number of hydrogen-bond acceptors (Lipinski definition) is 6. The lowest BCUT2D eigenvalue weighted by Crippen LogP contribution is -2.40. The van der Waals surface area contributed by atoms with Crippen LogP contribution in [0.5, 0.6) is 0 Å². The first kappa shape index (κ1) is 21.0. The number of pyridine rings is 1. The monoisotopic (exact) mass is 420 g/mol. The molecule has 3 rings (SSSR count). The van der Waals surface area contributed by atoms with E-state index >= 15 is 0 Å². The van der Waals surface area contributed by atoms with Gasteiger partial charge in [-0.05, 0) is 44.5 Å². The lowest BCUT2D eigenvalue weighted by Gasteiger charge is -2.25. The van der Waals surface area contributed by atoms with Gasteiger partial charge in [-0.1, -0.05) is 29.5 Å². The van der Waals surface area contributed by atoms with Gasteiger partial charge in [-0.2, -0.15) is 4.31 Å². The quantitative estimate of drug-likeness (QED) is 0.528. The van der Waals surface area contributed by atoms with E-state index in [0.29, 0.717) is 36.9 Å². The molecule has 1 atom stereocenters. The van der Waals surface area contributed by atoms with Crippen LogP contribution in [0, 0.1) is 13.8 Å². The first-order chi connectivity index (χ1) is 13.3. The summed E-state index contributed by atoms with van der Waals surface area (Å²) in [6.07, 6.45) is 1.36. The molecule has 1 aromatic carbocycles. The van der Waals surface area contributed by atoms with E-state index in [9.17, 15) is 13.2 Å². The van der Waals surface area contributed by atoms with Crippen molar-refractivity contribution in [3.05, 3.63) is 53.2 Å². The Balaban J connectivity index is 1.71. The highest BCUT2D eigenvalue weighted by Gasteiger charge is 2.27. The van der Waals surface area contributed by atoms with Crippen LogP contribution < -0.4 is 0 Å². The van der Waals surface area contributed by atoms with E-state index < -0.39 is 10.0 Å². The highest BCUT2D eigenvalue weighted by atomic mass is 32.2. The number of ether oxygens (including phenoxy) is 1. The van der Waals surface area contributed by atoms with Crippen molar-refractivity contribution in [2.75, 3.05) is 26.3 Å². The summed E-state index contributed by atoms with van der Waals surface area (Å²) in [5.41, 5.74) is 2.71. The van der Waals surface area contributed by atoms with Crippen molar-refractivity contribution in [1.82, 2.24) is 9.29 Å². The average Bonchev–Trinajstić information content (AvgIpc) is 2.70. The van der Waals surface area contributed by atoms with E-state index in [1.54, 1.807) is 12.1 Å². The highest BCUT2D eigenvalue weighted by molar-refractivity contribution is 8.00. The number of sulfonamides is 1. The summed E-state index contributed by atoms with van der Waals surface area (Å²) in [4.78, 5) is 17.2. The van der Waals surface area contributed by atoms with Crippen molar-refractivity contribution in [1.29, 1.82) is 0 Å². The van der Waals surface area contributed by atoms with Crippen LogP contribution in [0.3, 0.4) is 0 Å². The average molecular weight is 421 g/mol. The molecule has 1 aliphatic rings. The van der Waals surface area contributed by atoms with Gasteiger partial charge in [0.05, 0.1) is 23.5 Å². The molecule has 1 fully saturated rings. The largest absolute Gasteiger partial charge is 0.379 e. The van der Waals surface area contributed by atoms with E-state index in [2.05, 4.69) is 4.98 Å². The third-order valence-electron chi connectivity index (χ3n) is 4.64. The lowest BCUT2D eigenvalue weighted by atomic mass is 10.0. The molecular formula is C20H24N2O4S2. The fraction of sp³-hybridized carbons (Fsp3) is 0.400. The van der Waals surface area contributed by atoms with Gasteiger partial charge in [-0.3, -0.25) is 4.79 Å². The molecule has 0 N–H and O–H groups in total. The summed E-state index contributed by atoms with van der Waals surface area (Å²) in [5, 5.41) is 0.293. The third-order valence-corrected chi connectivity index (χ3v) is 7.58. The van der Waals surface area contributed by atoms with Crippen LogP contribution in [0.15, 0.2) is 46.5 Å². The Bertz CT molecular complexity index is 953. The maximum Gasteiger partial charge on any atom is 0.244 e. The highest BCUT2D eigenvalue weighted by Crippen LogP contribution is 2.27. The molecule has 150 valence electrons. The van der Waals surface area contributed by atoms with Gasteiger partial charge in [-0.15, -0.1) is 0 Å². The summed E-state index contributed by atoms with van der Waals surface area (Å²) in [6, 6.07) is 9.04. The maximum atomic E-state index is 12.8. The number of Topliss-reactive ketones (excluding diaryl/α,β-unsaturated/α-hetero) is 1. The maximum absolute atomic E-state index is 12.8.